The van der Waals surface area contributed by atoms with Crippen molar-refractivity contribution >= 4 is 11.8 Å². The molecule has 0 aromatic carbocycles. The molecule has 2 fully saturated rings. The molecule has 5 nitrogen and oxygen atoms in total. The van der Waals surface area contributed by atoms with Gasteiger partial charge in [-0.1, -0.05) is 6.92 Å². The van der Waals surface area contributed by atoms with Gasteiger partial charge in [0.1, 0.15) is 0 Å². The van der Waals surface area contributed by atoms with Crippen LogP contribution in [0.15, 0.2) is 0 Å². The van der Waals surface area contributed by atoms with Gasteiger partial charge in [-0.25, -0.2) is 0 Å². The summed E-state index contributed by atoms with van der Waals surface area (Å²) in [6, 6.07) is 0.518. The Morgan fingerprint density at radius 2 is 2.20 bits per heavy atom. The van der Waals surface area contributed by atoms with Crippen LogP contribution < -0.4 is 5.32 Å². The summed E-state index contributed by atoms with van der Waals surface area (Å²) in [7, 11) is 0. The number of rotatable bonds is 7. The topological polar surface area (TPSA) is 52.7 Å². The largest absolute Gasteiger partial charge is 0.355 e. The van der Waals surface area contributed by atoms with Crippen molar-refractivity contribution in [2.45, 2.75) is 51.5 Å². The first-order valence-electron chi connectivity index (χ1n) is 7.99. The van der Waals surface area contributed by atoms with E-state index in [1.807, 2.05) is 4.90 Å². The highest BCUT2D eigenvalue weighted by Gasteiger charge is 2.23. The third-order valence-corrected chi connectivity index (χ3v) is 4.44. The van der Waals surface area contributed by atoms with Crippen LogP contribution in [0.2, 0.25) is 0 Å². The molecule has 2 saturated heterocycles. The number of likely N-dealkylation sites (tertiary alicyclic amines) is 2. The van der Waals surface area contributed by atoms with Crippen molar-refractivity contribution in [1.29, 1.82) is 0 Å². The van der Waals surface area contributed by atoms with E-state index < -0.39 is 0 Å². The third-order valence-electron chi connectivity index (χ3n) is 4.44. The van der Waals surface area contributed by atoms with Crippen LogP contribution in [-0.2, 0) is 9.59 Å². The molecule has 0 bridgehead atoms. The Kier molecular flexibility index (Phi) is 5.83. The summed E-state index contributed by atoms with van der Waals surface area (Å²) in [5.74, 6) is 0.370. The van der Waals surface area contributed by atoms with Gasteiger partial charge in [-0.15, -0.1) is 0 Å². The summed E-state index contributed by atoms with van der Waals surface area (Å²) in [4.78, 5) is 27.6. The van der Waals surface area contributed by atoms with E-state index in [0.717, 1.165) is 45.6 Å². The highest BCUT2D eigenvalue weighted by molar-refractivity contribution is 5.78. The molecule has 5 heteroatoms. The van der Waals surface area contributed by atoms with Crippen molar-refractivity contribution in [3.63, 3.8) is 0 Å². The molecule has 2 aliphatic rings. The van der Waals surface area contributed by atoms with Crippen LogP contribution in [0.4, 0.5) is 0 Å². The van der Waals surface area contributed by atoms with Gasteiger partial charge in [0, 0.05) is 38.5 Å². The fourth-order valence-electron chi connectivity index (χ4n) is 3.23. The van der Waals surface area contributed by atoms with Gasteiger partial charge in [0.25, 0.3) is 0 Å². The zero-order chi connectivity index (χ0) is 14.4. The SMILES string of the molecule is CCN1CCCC1CNC(=O)CCCN1CCCC1=O. The highest BCUT2D eigenvalue weighted by atomic mass is 16.2. The average molecular weight is 281 g/mol. The van der Waals surface area contributed by atoms with Gasteiger partial charge in [-0.2, -0.15) is 0 Å². The molecule has 2 heterocycles. The Morgan fingerprint density at radius 3 is 2.90 bits per heavy atom. The lowest BCUT2D eigenvalue weighted by Gasteiger charge is -2.23. The second kappa shape index (κ2) is 7.62. The monoisotopic (exact) mass is 281 g/mol. The lowest BCUT2D eigenvalue weighted by molar-refractivity contribution is -0.128. The predicted molar refractivity (Wildman–Crippen MR) is 78.3 cm³/mol. The first kappa shape index (κ1) is 15.3. The summed E-state index contributed by atoms with van der Waals surface area (Å²) >= 11 is 0. The number of amides is 2. The van der Waals surface area contributed by atoms with Crippen LogP contribution in [-0.4, -0.2) is 60.4 Å². The maximum absolute atomic E-state index is 11.8. The summed E-state index contributed by atoms with van der Waals surface area (Å²) < 4.78 is 0. The summed E-state index contributed by atoms with van der Waals surface area (Å²) in [5, 5.41) is 3.04. The standard InChI is InChI=1S/C15H27N3O2/c1-2-17-9-3-6-13(17)12-16-14(19)7-4-10-18-11-5-8-15(18)20/h13H,2-12H2,1H3,(H,16,19). The number of carbonyl (C=O) groups excluding carboxylic acids is 2. The number of hydrogen-bond acceptors (Lipinski definition) is 3. The molecule has 0 spiro atoms. The third kappa shape index (κ3) is 4.20. The van der Waals surface area contributed by atoms with Crippen LogP contribution in [0, 0.1) is 0 Å². The van der Waals surface area contributed by atoms with E-state index in [0.29, 0.717) is 18.9 Å². The lowest BCUT2D eigenvalue weighted by atomic mass is 10.2. The maximum Gasteiger partial charge on any atom is 0.222 e. The van der Waals surface area contributed by atoms with Gasteiger partial charge >= 0.3 is 0 Å². The van der Waals surface area contributed by atoms with Crippen molar-refractivity contribution in [3.05, 3.63) is 0 Å². The smallest absolute Gasteiger partial charge is 0.222 e. The van der Waals surface area contributed by atoms with Crippen molar-refractivity contribution in [1.82, 2.24) is 15.1 Å². The van der Waals surface area contributed by atoms with Crippen molar-refractivity contribution in [3.8, 4) is 0 Å². The quantitative estimate of drug-likeness (QED) is 0.757. The number of likely N-dealkylation sites (N-methyl/N-ethyl adjacent to an activating group) is 1. The minimum atomic E-state index is 0.125. The fraction of sp³-hybridized carbons (Fsp3) is 0.867. The average Bonchev–Trinajstić information content (AvgIpc) is 3.05. The van der Waals surface area contributed by atoms with E-state index in [-0.39, 0.29) is 11.8 Å². The molecular weight excluding hydrogens is 254 g/mol. The molecule has 2 amide bonds. The van der Waals surface area contributed by atoms with Crippen LogP contribution in [0.25, 0.3) is 0 Å². The molecule has 114 valence electrons. The maximum atomic E-state index is 11.8. The summed E-state index contributed by atoms with van der Waals surface area (Å²) in [5.41, 5.74) is 0. The zero-order valence-corrected chi connectivity index (χ0v) is 12.6. The lowest BCUT2D eigenvalue weighted by Crippen LogP contribution is -2.40. The first-order valence-corrected chi connectivity index (χ1v) is 7.99. The summed E-state index contributed by atoms with van der Waals surface area (Å²) in [6.45, 7) is 6.78. The molecule has 0 saturated carbocycles. The number of nitrogens with one attached hydrogen (secondary N) is 1. The van der Waals surface area contributed by atoms with E-state index in [1.165, 1.54) is 12.8 Å². The van der Waals surface area contributed by atoms with Gasteiger partial charge in [-0.3, -0.25) is 14.5 Å². The van der Waals surface area contributed by atoms with Crippen LogP contribution >= 0.6 is 0 Å². The Bertz CT molecular complexity index is 346. The van der Waals surface area contributed by atoms with Crippen molar-refractivity contribution < 1.29 is 9.59 Å². The molecule has 0 aromatic heterocycles. The van der Waals surface area contributed by atoms with E-state index in [9.17, 15) is 9.59 Å². The van der Waals surface area contributed by atoms with E-state index in [4.69, 9.17) is 0 Å². The van der Waals surface area contributed by atoms with Crippen LogP contribution in [0.3, 0.4) is 0 Å². The first-order chi connectivity index (χ1) is 9.70. The van der Waals surface area contributed by atoms with Crippen LogP contribution in [0.1, 0.15) is 45.4 Å². The van der Waals surface area contributed by atoms with Gasteiger partial charge in [-0.05, 0) is 38.8 Å². The molecule has 1 N–H and O–H groups in total. The van der Waals surface area contributed by atoms with Gasteiger partial charge in [0.2, 0.25) is 11.8 Å². The molecular formula is C15H27N3O2. The fourth-order valence-corrected chi connectivity index (χ4v) is 3.23. The zero-order valence-electron chi connectivity index (χ0n) is 12.6. The Morgan fingerprint density at radius 1 is 1.35 bits per heavy atom. The van der Waals surface area contributed by atoms with Gasteiger partial charge in [0.05, 0.1) is 0 Å². The van der Waals surface area contributed by atoms with Gasteiger partial charge in [0.15, 0.2) is 0 Å². The highest BCUT2D eigenvalue weighted by Crippen LogP contribution is 2.15. The number of nitrogens with zero attached hydrogens (tertiary/aromatic N) is 2. The van der Waals surface area contributed by atoms with E-state index in [1.54, 1.807) is 0 Å². The molecule has 1 unspecified atom stereocenters. The van der Waals surface area contributed by atoms with Gasteiger partial charge < -0.3 is 10.2 Å². The normalized spacial score (nSPS) is 23.6. The number of carbonyl (C=O) groups is 2. The van der Waals surface area contributed by atoms with E-state index in [2.05, 4.69) is 17.1 Å². The summed E-state index contributed by atoms with van der Waals surface area (Å²) in [6.07, 6.45) is 5.39. The predicted octanol–water partition coefficient (Wildman–Crippen LogP) is 0.989. The van der Waals surface area contributed by atoms with Crippen molar-refractivity contribution in [2.75, 3.05) is 32.7 Å². The van der Waals surface area contributed by atoms with Crippen molar-refractivity contribution in [2.24, 2.45) is 0 Å². The second-order valence-corrected chi connectivity index (χ2v) is 5.82. The molecule has 2 aliphatic heterocycles. The minimum absolute atomic E-state index is 0.125. The molecule has 0 aliphatic carbocycles. The Hall–Kier alpha value is -1.10. The molecule has 20 heavy (non-hydrogen) atoms. The second-order valence-electron chi connectivity index (χ2n) is 5.82. The van der Waals surface area contributed by atoms with E-state index >= 15 is 0 Å². The number of hydrogen-bond donors (Lipinski definition) is 1. The Balaban J connectivity index is 1.57. The molecule has 0 aromatic rings. The molecule has 2 rings (SSSR count). The Labute approximate surface area is 121 Å². The molecule has 1 atom stereocenters. The van der Waals surface area contributed by atoms with Crippen LogP contribution in [0.5, 0.6) is 0 Å². The molecule has 0 radical (unpaired) electrons. The minimum Gasteiger partial charge on any atom is -0.355 e.